The summed E-state index contributed by atoms with van der Waals surface area (Å²) in [7, 11) is 0. The first-order valence-corrected chi connectivity index (χ1v) is 10.4. The van der Waals surface area contributed by atoms with Crippen LogP contribution < -0.4 is 10.9 Å². The third-order valence-electron chi connectivity index (χ3n) is 6.29. The Kier molecular flexibility index (Phi) is 5.21. The highest BCUT2D eigenvalue weighted by atomic mass is 32.1. The van der Waals surface area contributed by atoms with Crippen molar-refractivity contribution in [3.63, 3.8) is 0 Å². The number of piperidine rings is 2. The number of amides is 1. The summed E-state index contributed by atoms with van der Waals surface area (Å²) in [4.78, 5) is 28.7. The molecule has 2 fully saturated rings. The Morgan fingerprint density at radius 3 is 2.74 bits per heavy atom. The van der Waals surface area contributed by atoms with Gasteiger partial charge in [0, 0.05) is 50.4 Å². The molecule has 1 aromatic rings. The smallest absolute Gasteiger partial charge is 0.250 e. The van der Waals surface area contributed by atoms with Crippen LogP contribution in [0, 0.1) is 11.8 Å². The van der Waals surface area contributed by atoms with Crippen molar-refractivity contribution in [3.05, 3.63) is 34.2 Å². The lowest BCUT2D eigenvalue weighted by atomic mass is 9.83. The molecular weight excluding hydrogens is 360 g/mol. The molecule has 4 rings (SSSR count). The molecule has 4 heterocycles. The van der Waals surface area contributed by atoms with Gasteiger partial charge in [0.25, 0.3) is 5.56 Å². The van der Waals surface area contributed by atoms with Crippen LogP contribution in [0.3, 0.4) is 0 Å². The van der Waals surface area contributed by atoms with E-state index in [1.807, 2.05) is 15.5 Å². The minimum absolute atomic E-state index is 0.0952. The van der Waals surface area contributed by atoms with Crippen molar-refractivity contribution in [2.45, 2.75) is 38.6 Å². The van der Waals surface area contributed by atoms with Gasteiger partial charge in [0.05, 0.1) is 6.54 Å². The molecule has 7 heteroatoms. The summed E-state index contributed by atoms with van der Waals surface area (Å²) in [6.45, 7) is 6.64. The average molecular weight is 389 g/mol. The maximum atomic E-state index is 12.4. The van der Waals surface area contributed by atoms with Crippen molar-refractivity contribution in [2.24, 2.45) is 11.8 Å². The predicted molar refractivity (Wildman–Crippen MR) is 109 cm³/mol. The Morgan fingerprint density at radius 2 is 1.96 bits per heavy atom. The lowest BCUT2D eigenvalue weighted by Gasteiger charge is -2.43. The van der Waals surface area contributed by atoms with Gasteiger partial charge in [0.2, 0.25) is 5.91 Å². The molecule has 27 heavy (non-hydrogen) atoms. The molecule has 146 valence electrons. The van der Waals surface area contributed by atoms with Crippen LogP contribution in [0.25, 0.3) is 0 Å². The Hall–Kier alpha value is -1.89. The van der Waals surface area contributed by atoms with E-state index in [-0.39, 0.29) is 18.0 Å². The Labute approximate surface area is 165 Å². The fourth-order valence-electron chi connectivity index (χ4n) is 4.70. The number of carbonyl (C=O) groups excluding carboxylic acids is 1. The van der Waals surface area contributed by atoms with E-state index in [0.717, 1.165) is 57.7 Å². The van der Waals surface area contributed by atoms with Crippen molar-refractivity contribution in [1.29, 1.82) is 0 Å². The maximum Gasteiger partial charge on any atom is 0.250 e. The topological polar surface area (TPSA) is 57.6 Å². The van der Waals surface area contributed by atoms with E-state index in [1.54, 1.807) is 6.07 Å². The second-order valence-electron chi connectivity index (χ2n) is 8.33. The minimum atomic E-state index is 0.0952. The molecule has 2 bridgehead atoms. The van der Waals surface area contributed by atoms with Gasteiger partial charge >= 0.3 is 0 Å². The molecule has 1 N–H and O–H groups in total. The summed E-state index contributed by atoms with van der Waals surface area (Å²) in [5.41, 5.74) is 1.21. The normalized spacial score (nSPS) is 25.1. The number of likely N-dealkylation sites (tertiary alicyclic amines) is 2. The Balaban J connectivity index is 1.34. The second-order valence-corrected chi connectivity index (χ2v) is 8.71. The summed E-state index contributed by atoms with van der Waals surface area (Å²) in [5.74, 6) is 1.60. The van der Waals surface area contributed by atoms with Crippen molar-refractivity contribution in [3.8, 4) is 0 Å². The summed E-state index contributed by atoms with van der Waals surface area (Å²) >= 11 is 5.59. The van der Waals surface area contributed by atoms with Crippen molar-refractivity contribution in [1.82, 2.24) is 19.7 Å². The standard InChI is InChI=1S/C20H28N4O2S/c1-14-5-7-22(8-6-14)19(26)10-21-20(27)23-11-15-9-16(13-23)17-3-2-4-18(25)24(17)12-15/h2-4,14-16H,5-13H2,1H3,(H,21,27). The number of hydrogen-bond donors (Lipinski definition) is 1. The number of carbonyl (C=O) groups is 1. The summed E-state index contributed by atoms with van der Waals surface area (Å²) in [6, 6.07) is 5.55. The number of fused-ring (bicyclic) bond motifs is 4. The fraction of sp³-hybridized carbons (Fsp3) is 0.650. The predicted octanol–water partition coefficient (Wildman–Crippen LogP) is 1.40. The first-order chi connectivity index (χ1) is 13.0. The van der Waals surface area contributed by atoms with Gasteiger partial charge in [0.15, 0.2) is 5.11 Å². The lowest BCUT2D eigenvalue weighted by Crippen LogP contribution is -2.53. The quantitative estimate of drug-likeness (QED) is 0.776. The third-order valence-corrected chi connectivity index (χ3v) is 6.70. The third kappa shape index (κ3) is 3.88. The molecular formula is C20H28N4O2S. The Morgan fingerprint density at radius 1 is 1.19 bits per heavy atom. The largest absolute Gasteiger partial charge is 0.353 e. The molecule has 6 nitrogen and oxygen atoms in total. The zero-order chi connectivity index (χ0) is 19.0. The molecule has 2 saturated heterocycles. The van der Waals surface area contributed by atoms with E-state index in [1.165, 1.54) is 0 Å². The van der Waals surface area contributed by atoms with Crippen LogP contribution in [0.1, 0.15) is 37.8 Å². The zero-order valence-corrected chi connectivity index (χ0v) is 16.7. The van der Waals surface area contributed by atoms with Crippen molar-refractivity contribution < 1.29 is 4.79 Å². The number of aromatic nitrogens is 1. The van der Waals surface area contributed by atoms with E-state index < -0.39 is 0 Å². The van der Waals surface area contributed by atoms with Crippen molar-refractivity contribution in [2.75, 3.05) is 32.7 Å². The lowest BCUT2D eigenvalue weighted by molar-refractivity contribution is -0.131. The van der Waals surface area contributed by atoms with Gasteiger partial charge in [-0.3, -0.25) is 9.59 Å². The number of nitrogens with zero attached hydrogens (tertiary/aromatic N) is 3. The SMILES string of the molecule is CC1CCN(C(=O)CNC(=S)N2CC3CC(C2)c2cccc(=O)n2C3)CC1. The maximum absolute atomic E-state index is 12.4. The van der Waals surface area contributed by atoms with Gasteiger partial charge in [-0.1, -0.05) is 13.0 Å². The van der Waals surface area contributed by atoms with Crippen LogP contribution in [0.2, 0.25) is 0 Å². The van der Waals surface area contributed by atoms with E-state index in [0.29, 0.717) is 22.9 Å². The molecule has 3 aliphatic heterocycles. The summed E-state index contributed by atoms with van der Waals surface area (Å²) in [5, 5.41) is 3.85. The number of hydrogen-bond acceptors (Lipinski definition) is 3. The first-order valence-electron chi connectivity index (χ1n) is 10.0. The molecule has 0 radical (unpaired) electrons. The van der Waals surface area contributed by atoms with Crippen LogP contribution in [0.5, 0.6) is 0 Å². The fourth-order valence-corrected chi connectivity index (χ4v) is 4.92. The zero-order valence-electron chi connectivity index (χ0n) is 15.9. The van der Waals surface area contributed by atoms with E-state index in [9.17, 15) is 9.59 Å². The van der Waals surface area contributed by atoms with Gasteiger partial charge in [-0.05, 0) is 49.4 Å². The Bertz CT molecular complexity index is 784. The highest BCUT2D eigenvalue weighted by molar-refractivity contribution is 7.80. The minimum Gasteiger partial charge on any atom is -0.353 e. The van der Waals surface area contributed by atoms with Gasteiger partial charge in [-0.25, -0.2) is 0 Å². The van der Waals surface area contributed by atoms with Crippen LogP contribution in [0.4, 0.5) is 0 Å². The molecule has 2 unspecified atom stereocenters. The molecule has 1 aromatic heterocycles. The number of pyridine rings is 1. The van der Waals surface area contributed by atoms with Crippen LogP contribution in [0.15, 0.2) is 23.0 Å². The van der Waals surface area contributed by atoms with Gasteiger partial charge in [-0.15, -0.1) is 0 Å². The van der Waals surface area contributed by atoms with E-state index >= 15 is 0 Å². The summed E-state index contributed by atoms with van der Waals surface area (Å²) < 4.78 is 1.92. The highest BCUT2D eigenvalue weighted by Crippen LogP contribution is 2.34. The molecule has 0 saturated carbocycles. The molecule has 1 amide bonds. The van der Waals surface area contributed by atoms with Crippen molar-refractivity contribution >= 4 is 23.2 Å². The average Bonchev–Trinajstić information content (AvgIpc) is 2.67. The molecule has 0 aliphatic carbocycles. The molecule has 2 atom stereocenters. The molecule has 0 aromatic carbocycles. The van der Waals surface area contributed by atoms with E-state index in [4.69, 9.17) is 12.2 Å². The second kappa shape index (κ2) is 7.62. The number of thiocarbonyl (C=S) groups is 1. The summed E-state index contributed by atoms with van der Waals surface area (Å²) in [6.07, 6.45) is 3.28. The van der Waals surface area contributed by atoms with Crippen LogP contribution >= 0.6 is 12.2 Å². The molecule has 0 spiro atoms. The van der Waals surface area contributed by atoms with E-state index in [2.05, 4.69) is 23.2 Å². The number of nitrogens with one attached hydrogen (secondary N) is 1. The van der Waals surface area contributed by atoms with Gasteiger partial charge in [0.1, 0.15) is 0 Å². The first kappa shape index (κ1) is 18.5. The number of rotatable bonds is 2. The monoisotopic (exact) mass is 388 g/mol. The highest BCUT2D eigenvalue weighted by Gasteiger charge is 2.35. The van der Waals surface area contributed by atoms with Gasteiger partial charge in [-0.2, -0.15) is 0 Å². The van der Waals surface area contributed by atoms with Gasteiger partial charge < -0.3 is 19.7 Å². The van der Waals surface area contributed by atoms with Crippen LogP contribution in [-0.4, -0.2) is 58.1 Å². The molecule has 3 aliphatic rings. The van der Waals surface area contributed by atoms with Crippen LogP contribution in [-0.2, 0) is 11.3 Å².